The van der Waals surface area contributed by atoms with Crippen molar-refractivity contribution in [1.29, 1.82) is 0 Å². The fourth-order valence-electron chi connectivity index (χ4n) is 3.86. The van der Waals surface area contributed by atoms with Crippen LogP contribution >= 0.6 is 0 Å². The van der Waals surface area contributed by atoms with E-state index in [1.165, 1.54) is 19.3 Å². The van der Waals surface area contributed by atoms with Crippen molar-refractivity contribution in [1.82, 2.24) is 14.9 Å². The number of anilines is 1. The third-order valence-electron chi connectivity index (χ3n) is 5.07. The SMILES string of the molecule is CCN1CN(c2ncc(C#Cc3ccccc3)cn2)[C@@H]2CCC[C@@H]21. The predicted molar refractivity (Wildman–Crippen MR) is 95.6 cm³/mol. The molecule has 1 aliphatic carbocycles. The Hall–Kier alpha value is -2.38. The van der Waals surface area contributed by atoms with E-state index in [-0.39, 0.29) is 0 Å². The Bertz CT molecular complexity index is 745. The van der Waals surface area contributed by atoms with Crippen LogP contribution in [0.15, 0.2) is 42.7 Å². The van der Waals surface area contributed by atoms with Crippen LogP contribution < -0.4 is 4.90 Å². The molecular weight excluding hydrogens is 296 g/mol. The van der Waals surface area contributed by atoms with Crippen molar-refractivity contribution in [2.24, 2.45) is 0 Å². The molecule has 0 bridgehead atoms. The lowest BCUT2D eigenvalue weighted by Crippen LogP contribution is -2.33. The smallest absolute Gasteiger partial charge is 0.226 e. The summed E-state index contributed by atoms with van der Waals surface area (Å²) in [4.78, 5) is 14.1. The highest BCUT2D eigenvalue weighted by Crippen LogP contribution is 2.35. The minimum absolute atomic E-state index is 0.575. The molecule has 4 nitrogen and oxygen atoms in total. The van der Waals surface area contributed by atoms with Crippen LogP contribution in [0, 0.1) is 11.8 Å². The van der Waals surface area contributed by atoms with Gasteiger partial charge in [-0.3, -0.25) is 4.90 Å². The van der Waals surface area contributed by atoms with Gasteiger partial charge in [0.1, 0.15) is 0 Å². The molecule has 1 aromatic heterocycles. The van der Waals surface area contributed by atoms with E-state index in [1.54, 1.807) is 0 Å². The Morgan fingerprint density at radius 2 is 1.71 bits per heavy atom. The molecule has 2 aromatic rings. The summed E-state index contributed by atoms with van der Waals surface area (Å²) in [6.45, 7) is 4.28. The van der Waals surface area contributed by atoms with Crippen LogP contribution in [0.2, 0.25) is 0 Å². The second-order valence-corrected chi connectivity index (χ2v) is 6.47. The van der Waals surface area contributed by atoms with Gasteiger partial charge in [0.2, 0.25) is 5.95 Å². The highest BCUT2D eigenvalue weighted by atomic mass is 15.5. The summed E-state index contributed by atoms with van der Waals surface area (Å²) >= 11 is 0. The van der Waals surface area contributed by atoms with Gasteiger partial charge < -0.3 is 4.90 Å². The van der Waals surface area contributed by atoms with E-state index in [9.17, 15) is 0 Å². The number of hydrogen-bond acceptors (Lipinski definition) is 4. The van der Waals surface area contributed by atoms with Gasteiger partial charge >= 0.3 is 0 Å². The second kappa shape index (κ2) is 6.62. The first kappa shape index (κ1) is 15.2. The number of benzene rings is 1. The molecule has 122 valence electrons. The van der Waals surface area contributed by atoms with Crippen LogP contribution in [0.5, 0.6) is 0 Å². The van der Waals surface area contributed by atoms with Crippen molar-refractivity contribution >= 4 is 5.95 Å². The summed E-state index contributed by atoms with van der Waals surface area (Å²) < 4.78 is 0. The molecule has 0 spiro atoms. The van der Waals surface area contributed by atoms with Crippen molar-refractivity contribution in [3.05, 3.63) is 53.9 Å². The zero-order chi connectivity index (χ0) is 16.4. The molecule has 4 heteroatoms. The van der Waals surface area contributed by atoms with E-state index in [1.807, 2.05) is 42.7 Å². The van der Waals surface area contributed by atoms with Gasteiger partial charge in [0.15, 0.2) is 0 Å². The minimum atomic E-state index is 0.575. The van der Waals surface area contributed by atoms with Crippen LogP contribution in [-0.4, -0.2) is 40.2 Å². The molecule has 2 heterocycles. The van der Waals surface area contributed by atoms with Crippen molar-refractivity contribution in [2.45, 2.75) is 38.3 Å². The van der Waals surface area contributed by atoms with E-state index in [0.29, 0.717) is 12.1 Å². The number of hydrogen-bond donors (Lipinski definition) is 0. The summed E-state index contributed by atoms with van der Waals surface area (Å²) in [7, 11) is 0. The molecular formula is C20H22N4. The zero-order valence-electron chi connectivity index (χ0n) is 14.0. The Balaban J connectivity index is 1.51. The van der Waals surface area contributed by atoms with Crippen LogP contribution in [-0.2, 0) is 0 Å². The highest BCUT2D eigenvalue weighted by Gasteiger charge is 2.43. The van der Waals surface area contributed by atoms with Gasteiger partial charge in [0.05, 0.1) is 12.2 Å². The predicted octanol–water partition coefficient (Wildman–Crippen LogP) is 2.90. The Morgan fingerprint density at radius 1 is 1.00 bits per heavy atom. The fourth-order valence-corrected chi connectivity index (χ4v) is 3.86. The molecule has 0 amide bonds. The Kier molecular flexibility index (Phi) is 4.18. The first-order valence-electron chi connectivity index (χ1n) is 8.75. The molecule has 2 atom stereocenters. The van der Waals surface area contributed by atoms with Gasteiger partial charge in [0.25, 0.3) is 0 Å². The molecule has 1 aliphatic heterocycles. The lowest BCUT2D eigenvalue weighted by atomic mass is 10.2. The molecule has 1 aromatic carbocycles. The third kappa shape index (κ3) is 2.88. The molecule has 2 fully saturated rings. The first-order valence-corrected chi connectivity index (χ1v) is 8.75. The fraction of sp³-hybridized carbons (Fsp3) is 0.400. The lowest BCUT2D eigenvalue weighted by Gasteiger charge is -2.22. The van der Waals surface area contributed by atoms with Crippen LogP contribution in [0.4, 0.5) is 5.95 Å². The van der Waals surface area contributed by atoms with E-state index >= 15 is 0 Å². The van der Waals surface area contributed by atoms with Crippen LogP contribution in [0.1, 0.15) is 37.3 Å². The standard InChI is InChI=1S/C20H22N4/c1-2-23-15-24(19-10-6-9-18(19)23)20-21-13-17(14-22-20)12-11-16-7-4-3-5-8-16/h3-5,7-8,13-14,18-19H,2,6,9-10,15H2,1H3/t18-,19+/m0/s1. The maximum Gasteiger partial charge on any atom is 0.226 e. The van der Waals surface area contributed by atoms with E-state index in [2.05, 4.69) is 38.5 Å². The molecule has 0 N–H and O–H groups in total. The van der Waals surface area contributed by atoms with Gasteiger partial charge in [-0.25, -0.2) is 9.97 Å². The monoisotopic (exact) mass is 318 g/mol. The third-order valence-corrected chi connectivity index (χ3v) is 5.07. The minimum Gasteiger partial charge on any atom is -0.323 e. The average molecular weight is 318 g/mol. The topological polar surface area (TPSA) is 32.3 Å². The average Bonchev–Trinajstić information content (AvgIpc) is 3.24. The van der Waals surface area contributed by atoms with Gasteiger partial charge in [-0.05, 0) is 37.9 Å². The van der Waals surface area contributed by atoms with Crippen molar-refractivity contribution in [2.75, 3.05) is 18.1 Å². The molecule has 2 aliphatic rings. The highest BCUT2D eigenvalue weighted by molar-refractivity contribution is 5.43. The van der Waals surface area contributed by atoms with Crippen molar-refractivity contribution < 1.29 is 0 Å². The summed E-state index contributed by atoms with van der Waals surface area (Å²) in [5.74, 6) is 7.13. The lowest BCUT2D eigenvalue weighted by molar-refractivity contribution is 0.266. The number of fused-ring (bicyclic) bond motifs is 1. The summed E-state index contributed by atoms with van der Waals surface area (Å²) in [6, 6.07) is 11.2. The quantitative estimate of drug-likeness (QED) is 0.797. The van der Waals surface area contributed by atoms with Gasteiger partial charge in [-0.2, -0.15) is 0 Å². The molecule has 0 radical (unpaired) electrons. The molecule has 0 unspecified atom stereocenters. The van der Waals surface area contributed by atoms with E-state index < -0.39 is 0 Å². The van der Waals surface area contributed by atoms with Crippen LogP contribution in [0.3, 0.4) is 0 Å². The number of rotatable bonds is 2. The molecule has 1 saturated heterocycles. The second-order valence-electron chi connectivity index (χ2n) is 6.47. The summed E-state index contributed by atoms with van der Waals surface area (Å²) in [5.41, 5.74) is 1.87. The van der Waals surface area contributed by atoms with E-state index in [0.717, 1.165) is 30.3 Å². The maximum absolute atomic E-state index is 4.59. The Morgan fingerprint density at radius 3 is 2.46 bits per heavy atom. The number of nitrogens with zero attached hydrogens (tertiary/aromatic N) is 4. The van der Waals surface area contributed by atoms with E-state index in [4.69, 9.17) is 0 Å². The molecule has 24 heavy (non-hydrogen) atoms. The maximum atomic E-state index is 4.59. The van der Waals surface area contributed by atoms with Gasteiger partial charge in [0, 0.05) is 30.0 Å². The Labute approximate surface area is 143 Å². The van der Waals surface area contributed by atoms with Crippen molar-refractivity contribution in [3.63, 3.8) is 0 Å². The normalized spacial score (nSPS) is 23.0. The number of likely N-dealkylation sites (N-methyl/N-ethyl adjacent to an activating group) is 1. The summed E-state index contributed by atoms with van der Waals surface area (Å²) in [5, 5.41) is 0. The van der Waals surface area contributed by atoms with Gasteiger partial charge in [-0.15, -0.1) is 0 Å². The largest absolute Gasteiger partial charge is 0.323 e. The van der Waals surface area contributed by atoms with Crippen molar-refractivity contribution in [3.8, 4) is 11.8 Å². The summed E-state index contributed by atoms with van der Waals surface area (Å²) in [6.07, 6.45) is 7.55. The van der Waals surface area contributed by atoms with Gasteiger partial charge in [-0.1, -0.05) is 37.0 Å². The molecule has 1 saturated carbocycles. The first-order chi connectivity index (χ1) is 11.8. The number of aromatic nitrogens is 2. The van der Waals surface area contributed by atoms with Crippen LogP contribution in [0.25, 0.3) is 0 Å². The zero-order valence-corrected chi connectivity index (χ0v) is 14.0. The molecule has 4 rings (SSSR count).